The monoisotopic (exact) mass is 436 g/mol. The second-order valence-electron chi connectivity index (χ2n) is 7.57. The van der Waals surface area contributed by atoms with Gasteiger partial charge in [0.25, 0.3) is 11.8 Å². The molecule has 1 amide bonds. The number of benzene rings is 1. The molecule has 1 saturated heterocycles. The van der Waals surface area contributed by atoms with Crippen molar-refractivity contribution in [2.75, 3.05) is 19.6 Å². The summed E-state index contributed by atoms with van der Waals surface area (Å²) in [5, 5.41) is 4.57. The Morgan fingerprint density at radius 1 is 1.29 bits per heavy atom. The summed E-state index contributed by atoms with van der Waals surface area (Å²) in [5.74, 6) is 0.826. The number of amides is 1. The molecule has 0 unspecified atom stereocenters. The van der Waals surface area contributed by atoms with Crippen LogP contribution in [0.1, 0.15) is 34.3 Å². The molecule has 8 nitrogen and oxygen atoms in total. The molecule has 0 bridgehead atoms. The summed E-state index contributed by atoms with van der Waals surface area (Å²) < 4.78 is 7.50. The molecule has 0 radical (unpaired) electrons. The lowest BCUT2D eigenvalue weighted by atomic mass is 9.97. The quantitative estimate of drug-likeness (QED) is 0.526. The van der Waals surface area contributed by atoms with Crippen LogP contribution in [0, 0.1) is 0 Å². The molecule has 5 rings (SSSR count). The van der Waals surface area contributed by atoms with Gasteiger partial charge >= 0.3 is 0 Å². The minimum Gasteiger partial charge on any atom is -0.332 e. The first-order valence-electron chi connectivity index (χ1n) is 10.1. The fourth-order valence-electron chi connectivity index (χ4n) is 4.20. The van der Waals surface area contributed by atoms with E-state index in [4.69, 9.17) is 16.1 Å². The van der Waals surface area contributed by atoms with Gasteiger partial charge in [-0.25, -0.2) is 4.98 Å². The SMILES string of the molecule is C=CCN(CC=C)Cc1noc(-c2ncn3c2[C@@H]2CCN2C(=O)c2c(Cl)cccc2-3)n1. The molecule has 3 aromatic rings. The molecule has 1 fully saturated rings. The highest BCUT2D eigenvalue weighted by molar-refractivity contribution is 6.34. The molecule has 0 aliphatic carbocycles. The van der Waals surface area contributed by atoms with Gasteiger partial charge in [-0.05, 0) is 18.6 Å². The predicted octanol–water partition coefficient (Wildman–Crippen LogP) is 3.65. The molecule has 4 heterocycles. The van der Waals surface area contributed by atoms with Crippen LogP contribution < -0.4 is 0 Å². The number of halogens is 1. The van der Waals surface area contributed by atoms with Crippen molar-refractivity contribution in [1.29, 1.82) is 0 Å². The van der Waals surface area contributed by atoms with E-state index in [9.17, 15) is 4.79 Å². The molecule has 0 N–H and O–H groups in total. The van der Waals surface area contributed by atoms with Crippen molar-refractivity contribution in [1.82, 2.24) is 29.5 Å². The van der Waals surface area contributed by atoms with Crippen molar-refractivity contribution in [3.63, 3.8) is 0 Å². The second-order valence-corrected chi connectivity index (χ2v) is 7.98. The Labute approximate surface area is 184 Å². The number of carbonyl (C=O) groups excluding carboxylic acids is 1. The van der Waals surface area contributed by atoms with Crippen LogP contribution in [0.3, 0.4) is 0 Å². The van der Waals surface area contributed by atoms with Gasteiger partial charge in [-0.2, -0.15) is 4.98 Å². The van der Waals surface area contributed by atoms with E-state index in [0.29, 0.717) is 59.9 Å². The maximum atomic E-state index is 13.1. The number of hydrogen-bond donors (Lipinski definition) is 0. The minimum atomic E-state index is -0.109. The zero-order chi connectivity index (χ0) is 21.5. The van der Waals surface area contributed by atoms with Crippen LogP contribution in [0.4, 0.5) is 0 Å². The van der Waals surface area contributed by atoms with E-state index >= 15 is 0 Å². The molecule has 158 valence electrons. The molecular formula is C22H21ClN6O2. The summed E-state index contributed by atoms with van der Waals surface area (Å²) >= 11 is 6.40. The van der Waals surface area contributed by atoms with E-state index in [1.807, 2.05) is 33.8 Å². The van der Waals surface area contributed by atoms with Gasteiger partial charge in [0.05, 0.1) is 34.6 Å². The van der Waals surface area contributed by atoms with Crippen LogP contribution in [0.15, 0.2) is 54.4 Å². The lowest BCUT2D eigenvalue weighted by molar-refractivity contribution is 0.0461. The van der Waals surface area contributed by atoms with Gasteiger partial charge in [-0.15, -0.1) is 13.2 Å². The first kappa shape index (κ1) is 19.7. The van der Waals surface area contributed by atoms with Gasteiger partial charge in [-0.1, -0.05) is 35.0 Å². The van der Waals surface area contributed by atoms with Crippen LogP contribution >= 0.6 is 11.6 Å². The normalized spacial score (nSPS) is 16.9. The van der Waals surface area contributed by atoms with Crippen molar-refractivity contribution in [3.05, 3.63) is 71.9 Å². The largest absolute Gasteiger partial charge is 0.332 e. The molecule has 2 aliphatic heterocycles. The van der Waals surface area contributed by atoms with Crippen molar-refractivity contribution in [2.45, 2.75) is 19.0 Å². The molecule has 2 aliphatic rings. The first-order chi connectivity index (χ1) is 15.1. The van der Waals surface area contributed by atoms with Crippen LogP contribution in [-0.4, -0.2) is 55.0 Å². The number of aromatic nitrogens is 4. The number of fused-ring (bicyclic) bond motifs is 5. The minimum absolute atomic E-state index is 0.0674. The average Bonchev–Trinajstić information content (AvgIpc) is 3.33. The predicted molar refractivity (Wildman–Crippen MR) is 116 cm³/mol. The summed E-state index contributed by atoms with van der Waals surface area (Å²) in [6.45, 7) is 10.1. The van der Waals surface area contributed by atoms with Crippen molar-refractivity contribution >= 4 is 17.5 Å². The van der Waals surface area contributed by atoms with Crippen LogP contribution in [-0.2, 0) is 6.54 Å². The van der Waals surface area contributed by atoms with E-state index in [-0.39, 0.29) is 11.9 Å². The summed E-state index contributed by atoms with van der Waals surface area (Å²) in [6.07, 6.45) is 6.18. The van der Waals surface area contributed by atoms with Gasteiger partial charge in [-0.3, -0.25) is 14.3 Å². The topological polar surface area (TPSA) is 80.3 Å². The Morgan fingerprint density at radius 3 is 2.81 bits per heavy atom. The summed E-state index contributed by atoms with van der Waals surface area (Å²) in [5.41, 5.74) is 2.66. The number of hydrogen-bond acceptors (Lipinski definition) is 6. The van der Waals surface area contributed by atoms with E-state index < -0.39 is 0 Å². The Hall–Kier alpha value is -3.23. The smallest absolute Gasteiger partial charge is 0.278 e. The standard InChI is InChI=1S/C22H21ClN6O2/c1-3-9-27(10-4-2)12-17-25-21(31-26-17)19-20-16-8-11-28(16)22(30)18-14(23)6-5-7-15(18)29(20)13-24-19/h3-7,13,16H,1-2,8-12H2/t16-/m0/s1. The zero-order valence-corrected chi connectivity index (χ0v) is 17.6. The number of carbonyl (C=O) groups is 1. The molecule has 1 aromatic carbocycles. The third-order valence-electron chi connectivity index (χ3n) is 5.68. The number of rotatable bonds is 7. The second kappa shape index (κ2) is 7.79. The fraction of sp³-hybridized carbons (Fsp3) is 0.273. The Morgan fingerprint density at radius 2 is 2.10 bits per heavy atom. The molecule has 0 spiro atoms. The van der Waals surface area contributed by atoms with Gasteiger partial charge in [0.2, 0.25) is 0 Å². The van der Waals surface area contributed by atoms with Gasteiger partial charge in [0.15, 0.2) is 11.5 Å². The highest BCUT2D eigenvalue weighted by Crippen LogP contribution is 2.44. The highest BCUT2D eigenvalue weighted by Gasteiger charge is 2.43. The molecule has 2 aromatic heterocycles. The lowest BCUT2D eigenvalue weighted by Crippen LogP contribution is -2.44. The Kier molecular flexibility index (Phi) is 4.95. The van der Waals surface area contributed by atoms with Crippen LogP contribution in [0.25, 0.3) is 17.3 Å². The van der Waals surface area contributed by atoms with Gasteiger partial charge in [0.1, 0.15) is 6.33 Å². The van der Waals surface area contributed by atoms with Gasteiger partial charge in [0, 0.05) is 19.6 Å². The number of imidazole rings is 1. The van der Waals surface area contributed by atoms with Crippen LogP contribution in [0.5, 0.6) is 0 Å². The third kappa shape index (κ3) is 3.19. The Balaban J connectivity index is 1.55. The molecular weight excluding hydrogens is 416 g/mol. The highest BCUT2D eigenvalue weighted by atomic mass is 35.5. The fourth-order valence-corrected chi connectivity index (χ4v) is 4.45. The zero-order valence-electron chi connectivity index (χ0n) is 16.9. The molecule has 9 heteroatoms. The lowest BCUT2D eigenvalue weighted by Gasteiger charge is -2.39. The van der Waals surface area contributed by atoms with E-state index in [1.165, 1.54) is 0 Å². The summed E-state index contributed by atoms with van der Waals surface area (Å²) in [4.78, 5) is 26.2. The maximum absolute atomic E-state index is 13.1. The molecule has 31 heavy (non-hydrogen) atoms. The summed E-state index contributed by atoms with van der Waals surface area (Å²) in [7, 11) is 0. The van der Waals surface area contributed by atoms with E-state index in [2.05, 4.69) is 33.2 Å². The van der Waals surface area contributed by atoms with E-state index in [1.54, 1.807) is 12.4 Å². The average molecular weight is 437 g/mol. The van der Waals surface area contributed by atoms with Gasteiger partial charge < -0.3 is 9.42 Å². The molecule has 1 atom stereocenters. The number of nitrogens with zero attached hydrogens (tertiary/aromatic N) is 6. The van der Waals surface area contributed by atoms with Crippen molar-refractivity contribution < 1.29 is 9.32 Å². The van der Waals surface area contributed by atoms with Crippen LogP contribution in [0.2, 0.25) is 5.02 Å². The maximum Gasteiger partial charge on any atom is 0.278 e. The summed E-state index contributed by atoms with van der Waals surface area (Å²) in [6, 6.07) is 5.33. The van der Waals surface area contributed by atoms with Crippen molar-refractivity contribution in [3.8, 4) is 17.3 Å². The first-order valence-corrected chi connectivity index (χ1v) is 10.4. The molecule has 0 saturated carbocycles. The van der Waals surface area contributed by atoms with Crippen molar-refractivity contribution in [2.24, 2.45) is 0 Å². The Bertz CT molecular complexity index is 1170. The van der Waals surface area contributed by atoms with E-state index in [0.717, 1.165) is 12.1 Å². The third-order valence-corrected chi connectivity index (χ3v) is 5.99.